The lowest BCUT2D eigenvalue weighted by atomic mass is 10.1. The minimum absolute atomic E-state index is 0.148. The molecule has 40 heavy (non-hydrogen) atoms. The van der Waals surface area contributed by atoms with Crippen LogP contribution in [-0.2, 0) is 23.9 Å². The highest BCUT2D eigenvalue weighted by atomic mass is 19.4. The number of rotatable bonds is 11. The number of hydrogen-bond acceptors (Lipinski definition) is 6. The number of nitrogens with one attached hydrogen (secondary N) is 1. The van der Waals surface area contributed by atoms with Crippen LogP contribution in [0.4, 0.5) is 30.5 Å². The molecule has 1 unspecified atom stereocenters. The van der Waals surface area contributed by atoms with Crippen molar-refractivity contribution in [3.8, 4) is 0 Å². The lowest BCUT2D eigenvalue weighted by Crippen LogP contribution is -2.37. The maximum Gasteiger partial charge on any atom is 0.416 e. The zero-order valence-electron chi connectivity index (χ0n) is 24.6. The maximum atomic E-state index is 13.8. The average molecular weight is 561 g/mol. The number of nitrogens with zero attached hydrogens (tertiary/aromatic N) is 5. The van der Waals surface area contributed by atoms with E-state index in [1.54, 1.807) is 10.6 Å². The molecular formula is C30H43F3N6O. The smallest absolute Gasteiger partial charge is 0.378 e. The van der Waals surface area contributed by atoms with Crippen molar-refractivity contribution in [3.05, 3.63) is 46.6 Å². The number of ether oxygens (including phenoxy) is 1. The van der Waals surface area contributed by atoms with E-state index < -0.39 is 11.7 Å². The minimum atomic E-state index is -4.44. The summed E-state index contributed by atoms with van der Waals surface area (Å²) in [5, 5.41) is 8.34. The first-order valence-electron chi connectivity index (χ1n) is 14.4. The second-order valence-corrected chi connectivity index (χ2v) is 11.3. The summed E-state index contributed by atoms with van der Waals surface area (Å²) in [6.07, 6.45) is -2.62. The van der Waals surface area contributed by atoms with E-state index in [0.29, 0.717) is 43.1 Å². The lowest BCUT2D eigenvalue weighted by molar-refractivity contribution is -0.138. The summed E-state index contributed by atoms with van der Waals surface area (Å²) in [4.78, 5) is 9.67. The van der Waals surface area contributed by atoms with E-state index in [-0.39, 0.29) is 5.56 Å². The lowest BCUT2D eigenvalue weighted by Gasteiger charge is -2.28. The van der Waals surface area contributed by atoms with Gasteiger partial charge >= 0.3 is 6.18 Å². The molecule has 1 N–H and O–H groups in total. The molecule has 0 amide bonds. The molecule has 7 nitrogen and oxygen atoms in total. The number of fused-ring (bicyclic) bond motifs is 1. The average Bonchev–Trinajstić information content (AvgIpc) is 3.25. The number of imidazole rings is 1. The molecule has 1 fully saturated rings. The fraction of sp³-hybridized carbons (Fsp3) is 0.600. The summed E-state index contributed by atoms with van der Waals surface area (Å²) < 4.78 is 48.6. The Morgan fingerprint density at radius 2 is 1.82 bits per heavy atom. The number of alkyl halides is 3. The van der Waals surface area contributed by atoms with Gasteiger partial charge in [-0.15, -0.1) is 5.10 Å². The zero-order valence-corrected chi connectivity index (χ0v) is 24.6. The monoisotopic (exact) mass is 560 g/mol. The van der Waals surface area contributed by atoms with Crippen molar-refractivity contribution >= 4 is 23.0 Å². The van der Waals surface area contributed by atoms with Gasteiger partial charge in [-0.2, -0.15) is 17.7 Å². The predicted molar refractivity (Wildman–Crippen MR) is 154 cm³/mol. The van der Waals surface area contributed by atoms with Crippen LogP contribution in [0.1, 0.15) is 63.4 Å². The molecule has 220 valence electrons. The van der Waals surface area contributed by atoms with Crippen molar-refractivity contribution in [1.29, 1.82) is 0 Å². The Morgan fingerprint density at radius 3 is 2.45 bits per heavy atom. The number of hydrogen-bond donors (Lipinski definition) is 1. The molecule has 4 rings (SSSR count). The Hall–Kier alpha value is -2.85. The quantitative estimate of drug-likeness (QED) is 0.282. The number of aryl methyl sites for hydroxylation is 1. The molecule has 0 aliphatic carbocycles. The molecule has 2 aromatic heterocycles. The van der Waals surface area contributed by atoms with Gasteiger partial charge in [0.05, 0.1) is 24.5 Å². The Kier molecular flexibility index (Phi) is 9.61. The summed E-state index contributed by atoms with van der Waals surface area (Å²) in [7, 11) is 0. The minimum Gasteiger partial charge on any atom is -0.378 e. The molecule has 0 saturated carbocycles. The molecule has 3 aromatic rings. The number of benzene rings is 1. The van der Waals surface area contributed by atoms with Crippen LogP contribution in [-0.4, -0.2) is 58.9 Å². The second kappa shape index (κ2) is 12.8. The van der Waals surface area contributed by atoms with Crippen LogP contribution in [0.5, 0.6) is 0 Å². The summed E-state index contributed by atoms with van der Waals surface area (Å²) >= 11 is 0. The van der Waals surface area contributed by atoms with Crippen molar-refractivity contribution in [2.45, 2.75) is 67.1 Å². The normalized spacial score (nSPS) is 15.4. The van der Waals surface area contributed by atoms with E-state index in [1.165, 1.54) is 13.0 Å². The molecule has 0 bridgehead atoms. The number of anilines is 3. The third-order valence-corrected chi connectivity index (χ3v) is 7.59. The highest BCUT2D eigenvalue weighted by Gasteiger charge is 2.33. The van der Waals surface area contributed by atoms with Gasteiger partial charge in [0.1, 0.15) is 5.82 Å². The van der Waals surface area contributed by atoms with Crippen LogP contribution >= 0.6 is 0 Å². The third-order valence-electron chi connectivity index (χ3n) is 7.59. The van der Waals surface area contributed by atoms with E-state index in [1.807, 2.05) is 0 Å². The molecule has 0 spiro atoms. The second-order valence-electron chi connectivity index (χ2n) is 11.3. The Bertz CT molecular complexity index is 1280. The van der Waals surface area contributed by atoms with Crippen LogP contribution in [0, 0.1) is 18.8 Å². The van der Waals surface area contributed by atoms with Crippen molar-refractivity contribution in [2.75, 3.05) is 49.6 Å². The standard InChI is InChI=1S/C30H43F3N6O/c1-7-21(5)18-37(17-20(3)4)19-26-29(34-25-11-9-10-24(22(25)6)30(31,32)33)39-28(35-26)23(8-2)16-27(36-39)38-12-14-40-15-13-38/h9-11,16,20-21,34H,7-8,12-15,17-19H2,1-6H3. The van der Waals surface area contributed by atoms with E-state index in [9.17, 15) is 13.2 Å². The van der Waals surface area contributed by atoms with Crippen molar-refractivity contribution < 1.29 is 17.9 Å². The number of aromatic nitrogens is 3. The first-order valence-corrected chi connectivity index (χ1v) is 14.4. The van der Waals surface area contributed by atoms with Crippen molar-refractivity contribution in [3.63, 3.8) is 0 Å². The molecule has 1 atom stereocenters. The van der Waals surface area contributed by atoms with E-state index in [0.717, 1.165) is 67.8 Å². The fourth-order valence-corrected chi connectivity index (χ4v) is 5.26. The number of halogens is 3. The number of morpholine rings is 1. The van der Waals surface area contributed by atoms with Gasteiger partial charge in [0.25, 0.3) is 0 Å². The SMILES string of the molecule is CCc1cc(N2CCOCC2)nn2c(Nc3cccc(C(F)(F)F)c3C)c(CN(CC(C)C)CC(C)CC)nc12. The zero-order chi connectivity index (χ0) is 29.0. The van der Waals surface area contributed by atoms with Gasteiger partial charge in [-0.3, -0.25) is 4.90 Å². The fourth-order valence-electron chi connectivity index (χ4n) is 5.26. The molecule has 1 aliphatic heterocycles. The molecule has 3 heterocycles. The summed E-state index contributed by atoms with van der Waals surface area (Å²) in [6.45, 7) is 17.5. The first-order chi connectivity index (χ1) is 19.0. The van der Waals surface area contributed by atoms with Gasteiger partial charge in [-0.1, -0.05) is 47.1 Å². The van der Waals surface area contributed by atoms with Crippen LogP contribution in [0.3, 0.4) is 0 Å². The largest absolute Gasteiger partial charge is 0.416 e. The van der Waals surface area contributed by atoms with Crippen LogP contribution < -0.4 is 10.2 Å². The van der Waals surface area contributed by atoms with Gasteiger partial charge < -0.3 is 15.0 Å². The van der Waals surface area contributed by atoms with Crippen LogP contribution in [0.2, 0.25) is 0 Å². The Balaban J connectivity index is 1.86. The molecular weight excluding hydrogens is 517 g/mol. The first kappa shape index (κ1) is 30.1. The van der Waals surface area contributed by atoms with Gasteiger partial charge in [0, 0.05) is 44.0 Å². The van der Waals surface area contributed by atoms with E-state index >= 15 is 0 Å². The molecule has 1 aliphatic rings. The summed E-state index contributed by atoms with van der Waals surface area (Å²) in [5.74, 6) is 2.40. The van der Waals surface area contributed by atoms with Gasteiger partial charge in [0.2, 0.25) is 0 Å². The predicted octanol–water partition coefficient (Wildman–Crippen LogP) is 6.70. The van der Waals surface area contributed by atoms with E-state index in [2.05, 4.69) is 55.8 Å². The van der Waals surface area contributed by atoms with Crippen molar-refractivity contribution in [1.82, 2.24) is 19.5 Å². The third kappa shape index (κ3) is 6.89. The Labute approximate surface area is 235 Å². The van der Waals surface area contributed by atoms with Gasteiger partial charge in [-0.05, 0) is 48.9 Å². The molecule has 1 aromatic carbocycles. The topological polar surface area (TPSA) is 57.9 Å². The van der Waals surface area contributed by atoms with E-state index in [4.69, 9.17) is 14.8 Å². The van der Waals surface area contributed by atoms with Crippen LogP contribution in [0.25, 0.3) is 5.65 Å². The maximum absolute atomic E-state index is 13.8. The van der Waals surface area contributed by atoms with Crippen molar-refractivity contribution in [2.24, 2.45) is 11.8 Å². The summed E-state index contributed by atoms with van der Waals surface area (Å²) in [6, 6.07) is 6.34. The summed E-state index contributed by atoms with van der Waals surface area (Å²) in [5.41, 5.74) is 2.45. The highest BCUT2D eigenvalue weighted by Crippen LogP contribution is 2.36. The highest BCUT2D eigenvalue weighted by molar-refractivity contribution is 5.69. The van der Waals surface area contributed by atoms with Gasteiger partial charge in [0.15, 0.2) is 11.5 Å². The molecule has 10 heteroatoms. The van der Waals surface area contributed by atoms with Gasteiger partial charge in [-0.25, -0.2) is 4.98 Å². The Morgan fingerprint density at radius 1 is 1.10 bits per heavy atom. The van der Waals surface area contributed by atoms with Crippen LogP contribution in [0.15, 0.2) is 24.3 Å². The molecule has 0 radical (unpaired) electrons. The molecule has 1 saturated heterocycles.